The molecular weight excluding hydrogens is 331 g/mol. The van der Waals surface area contributed by atoms with Crippen molar-refractivity contribution in [1.29, 1.82) is 0 Å². The molecular formula is C19H23FN6. The van der Waals surface area contributed by atoms with Gasteiger partial charge in [-0.15, -0.1) is 0 Å². The fraction of sp³-hybridized carbons (Fsp3) is 0.421. The third-order valence-electron chi connectivity index (χ3n) is 5.02. The lowest BCUT2D eigenvalue weighted by molar-refractivity contribution is 0.602. The summed E-state index contributed by atoms with van der Waals surface area (Å²) < 4.78 is 15.7. The fourth-order valence-electron chi connectivity index (χ4n) is 3.75. The summed E-state index contributed by atoms with van der Waals surface area (Å²) >= 11 is 0. The summed E-state index contributed by atoms with van der Waals surface area (Å²) in [6.07, 6.45) is 8.67. The van der Waals surface area contributed by atoms with Crippen molar-refractivity contribution in [1.82, 2.24) is 19.6 Å². The first-order chi connectivity index (χ1) is 12.7. The van der Waals surface area contributed by atoms with Crippen molar-refractivity contribution in [2.45, 2.75) is 38.6 Å². The topological polar surface area (TPSA) is 72.3 Å². The van der Waals surface area contributed by atoms with Gasteiger partial charge < -0.3 is 10.6 Å². The maximum absolute atomic E-state index is 13.9. The third kappa shape index (κ3) is 3.03. The minimum absolute atomic E-state index is 0.0872. The van der Waals surface area contributed by atoms with Crippen molar-refractivity contribution in [2.75, 3.05) is 18.0 Å². The van der Waals surface area contributed by atoms with Gasteiger partial charge in [0.1, 0.15) is 11.6 Å². The zero-order valence-corrected chi connectivity index (χ0v) is 14.9. The number of anilines is 1. The highest BCUT2D eigenvalue weighted by atomic mass is 19.1. The molecule has 0 aromatic carbocycles. The van der Waals surface area contributed by atoms with E-state index in [9.17, 15) is 4.39 Å². The number of fused-ring (bicyclic) bond motifs is 1. The Morgan fingerprint density at radius 3 is 3.08 bits per heavy atom. The van der Waals surface area contributed by atoms with Crippen LogP contribution in [-0.4, -0.2) is 32.7 Å². The fourth-order valence-corrected chi connectivity index (χ4v) is 3.75. The van der Waals surface area contributed by atoms with E-state index >= 15 is 0 Å². The number of nitrogens with zero attached hydrogens (tertiary/aromatic N) is 5. The smallest absolute Gasteiger partial charge is 0.160 e. The second-order valence-corrected chi connectivity index (χ2v) is 6.81. The molecule has 3 aromatic heterocycles. The van der Waals surface area contributed by atoms with E-state index in [1.807, 2.05) is 25.4 Å². The van der Waals surface area contributed by atoms with Crippen molar-refractivity contribution >= 4 is 11.5 Å². The molecule has 136 valence electrons. The number of pyridine rings is 1. The summed E-state index contributed by atoms with van der Waals surface area (Å²) in [6.45, 7) is 3.50. The van der Waals surface area contributed by atoms with E-state index in [1.165, 1.54) is 6.20 Å². The summed E-state index contributed by atoms with van der Waals surface area (Å²) in [5.41, 5.74) is 9.45. The van der Waals surface area contributed by atoms with Crippen molar-refractivity contribution < 1.29 is 4.39 Å². The molecule has 0 saturated carbocycles. The van der Waals surface area contributed by atoms with Crippen molar-refractivity contribution in [3.8, 4) is 0 Å². The van der Waals surface area contributed by atoms with Crippen LogP contribution in [0.3, 0.4) is 0 Å². The molecule has 1 aliphatic rings. The Morgan fingerprint density at radius 1 is 1.35 bits per heavy atom. The van der Waals surface area contributed by atoms with Gasteiger partial charge in [-0.1, -0.05) is 0 Å². The van der Waals surface area contributed by atoms with Crippen LogP contribution in [0.1, 0.15) is 42.1 Å². The molecule has 4 rings (SSSR count). The Morgan fingerprint density at radius 2 is 2.23 bits per heavy atom. The van der Waals surface area contributed by atoms with Gasteiger partial charge in [-0.2, -0.15) is 5.10 Å². The Kier molecular flexibility index (Phi) is 4.55. The maximum atomic E-state index is 13.9. The summed E-state index contributed by atoms with van der Waals surface area (Å²) in [5, 5.41) is 4.29. The number of hydrogen-bond donors (Lipinski definition) is 1. The Hall–Kier alpha value is -2.54. The minimum Gasteiger partial charge on any atom is -0.349 e. The van der Waals surface area contributed by atoms with Gasteiger partial charge in [-0.25, -0.2) is 13.9 Å². The van der Waals surface area contributed by atoms with E-state index in [0.717, 1.165) is 60.5 Å². The highest BCUT2D eigenvalue weighted by Gasteiger charge is 2.30. The normalized spacial score (nSPS) is 17.3. The lowest BCUT2D eigenvalue weighted by atomic mass is 10.00. The molecule has 1 aliphatic heterocycles. The van der Waals surface area contributed by atoms with E-state index < -0.39 is 0 Å². The molecule has 1 saturated heterocycles. The quantitative estimate of drug-likeness (QED) is 0.763. The Balaban J connectivity index is 1.72. The Bertz CT molecular complexity index is 922. The molecule has 0 aliphatic carbocycles. The molecule has 1 fully saturated rings. The number of nitrogens with two attached hydrogens (primary N) is 1. The number of aryl methyl sites for hydroxylation is 2. The van der Waals surface area contributed by atoms with Crippen molar-refractivity contribution in [3.63, 3.8) is 0 Å². The van der Waals surface area contributed by atoms with Crippen LogP contribution in [0.25, 0.3) is 5.65 Å². The first kappa shape index (κ1) is 16.9. The molecule has 0 radical (unpaired) electrons. The summed E-state index contributed by atoms with van der Waals surface area (Å²) in [7, 11) is 0. The summed E-state index contributed by atoms with van der Waals surface area (Å²) in [4.78, 5) is 11.4. The number of halogens is 1. The van der Waals surface area contributed by atoms with E-state index in [2.05, 4.69) is 15.0 Å². The molecule has 4 heterocycles. The summed E-state index contributed by atoms with van der Waals surface area (Å²) in [6, 6.07) is 3.69. The average Bonchev–Trinajstić information content (AvgIpc) is 3.27. The molecule has 26 heavy (non-hydrogen) atoms. The molecule has 7 heteroatoms. The SMILES string of the molecule is Cc1cnn2ccc(N3CCCC3c3cc(F)cnc3CCCN)nc12. The van der Waals surface area contributed by atoms with Gasteiger partial charge in [-0.05, 0) is 56.8 Å². The maximum Gasteiger partial charge on any atom is 0.160 e. The number of hydrogen-bond acceptors (Lipinski definition) is 5. The van der Waals surface area contributed by atoms with Gasteiger partial charge in [0.2, 0.25) is 0 Å². The first-order valence-corrected chi connectivity index (χ1v) is 9.09. The number of rotatable bonds is 5. The van der Waals surface area contributed by atoms with E-state index in [1.54, 1.807) is 10.6 Å². The van der Waals surface area contributed by atoms with Crippen LogP contribution in [0.2, 0.25) is 0 Å². The lowest BCUT2D eigenvalue weighted by Crippen LogP contribution is -2.25. The largest absolute Gasteiger partial charge is 0.349 e. The van der Waals surface area contributed by atoms with E-state index in [4.69, 9.17) is 10.7 Å². The predicted octanol–water partition coefficient (Wildman–Crippen LogP) is 2.80. The molecule has 3 aromatic rings. The van der Waals surface area contributed by atoms with Gasteiger partial charge >= 0.3 is 0 Å². The van der Waals surface area contributed by atoms with Crippen LogP contribution in [0, 0.1) is 12.7 Å². The predicted molar refractivity (Wildman–Crippen MR) is 98.6 cm³/mol. The lowest BCUT2D eigenvalue weighted by Gasteiger charge is -2.27. The zero-order chi connectivity index (χ0) is 18.1. The minimum atomic E-state index is -0.293. The Labute approximate surface area is 151 Å². The third-order valence-corrected chi connectivity index (χ3v) is 5.02. The van der Waals surface area contributed by atoms with Crippen LogP contribution >= 0.6 is 0 Å². The van der Waals surface area contributed by atoms with E-state index in [-0.39, 0.29) is 11.9 Å². The highest BCUT2D eigenvalue weighted by molar-refractivity contribution is 5.53. The van der Waals surface area contributed by atoms with Gasteiger partial charge in [0, 0.05) is 24.0 Å². The van der Waals surface area contributed by atoms with Crippen LogP contribution in [0.4, 0.5) is 10.2 Å². The standard InChI is InChI=1S/C19H23FN6/c1-13-11-23-26-9-6-18(24-19(13)26)25-8-3-5-17(25)15-10-14(20)12-22-16(15)4-2-7-21/h6,9-12,17H,2-5,7-8,21H2,1H3. The zero-order valence-electron chi connectivity index (χ0n) is 14.9. The van der Waals surface area contributed by atoms with Crippen LogP contribution in [0.15, 0.2) is 30.7 Å². The molecule has 1 atom stereocenters. The number of aromatic nitrogens is 4. The first-order valence-electron chi connectivity index (χ1n) is 9.09. The molecule has 0 bridgehead atoms. The van der Waals surface area contributed by atoms with Crippen molar-refractivity contribution in [3.05, 3.63) is 53.4 Å². The second kappa shape index (κ2) is 6.99. The molecule has 6 nitrogen and oxygen atoms in total. The van der Waals surface area contributed by atoms with Crippen LogP contribution < -0.4 is 10.6 Å². The van der Waals surface area contributed by atoms with Gasteiger partial charge in [0.25, 0.3) is 0 Å². The highest BCUT2D eigenvalue weighted by Crippen LogP contribution is 2.37. The van der Waals surface area contributed by atoms with Crippen LogP contribution in [0.5, 0.6) is 0 Å². The average molecular weight is 354 g/mol. The summed E-state index contributed by atoms with van der Waals surface area (Å²) in [5.74, 6) is 0.607. The van der Waals surface area contributed by atoms with Crippen molar-refractivity contribution in [2.24, 2.45) is 5.73 Å². The van der Waals surface area contributed by atoms with Gasteiger partial charge in [-0.3, -0.25) is 4.98 Å². The second-order valence-electron chi connectivity index (χ2n) is 6.81. The molecule has 1 unspecified atom stereocenters. The van der Waals surface area contributed by atoms with E-state index in [0.29, 0.717) is 6.54 Å². The van der Waals surface area contributed by atoms with Gasteiger partial charge in [0.05, 0.1) is 18.4 Å². The monoisotopic (exact) mass is 354 g/mol. The molecule has 2 N–H and O–H groups in total. The molecule has 0 amide bonds. The van der Waals surface area contributed by atoms with Gasteiger partial charge in [0.15, 0.2) is 5.65 Å². The molecule has 0 spiro atoms. The van der Waals surface area contributed by atoms with Crippen LogP contribution in [-0.2, 0) is 6.42 Å².